The van der Waals surface area contributed by atoms with Crippen LogP contribution in [0.25, 0.3) is 11.4 Å². The molecular formula is C31H37N5O3. The van der Waals surface area contributed by atoms with Crippen molar-refractivity contribution in [2.24, 2.45) is 5.18 Å². The minimum atomic E-state index is -0.819. The van der Waals surface area contributed by atoms with E-state index < -0.39 is 5.91 Å². The number of nitrogens with one attached hydrogen (secondary N) is 1. The molecular weight excluding hydrogens is 490 g/mol. The van der Waals surface area contributed by atoms with Crippen molar-refractivity contribution >= 4 is 11.5 Å². The van der Waals surface area contributed by atoms with E-state index >= 15 is 0 Å². The van der Waals surface area contributed by atoms with Gasteiger partial charge in [0.15, 0.2) is 5.82 Å². The summed E-state index contributed by atoms with van der Waals surface area (Å²) in [4.78, 5) is 27.8. The highest BCUT2D eigenvalue weighted by atomic mass is 16.5. The standard InChI is InChI=1S/C31H37N5O3/c1-6-9-28-26(31(37)35-38)18-33-36(28)29-13-8-12-27(34-29)24-11-7-10-22(4)30(24)39-19-20(2)16-23(5)25-17-32-15-14-21(25)3/h8,11-13,16,18,32H,2,6-7,9-10,14-15,17,19H2,1,3-5H3/b23-16-. The van der Waals surface area contributed by atoms with Crippen molar-refractivity contribution in [2.45, 2.75) is 59.8 Å². The van der Waals surface area contributed by atoms with E-state index in [2.05, 4.69) is 55.1 Å². The van der Waals surface area contributed by atoms with Crippen LogP contribution in [0, 0.1) is 4.91 Å². The fourth-order valence-corrected chi connectivity index (χ4v) is 5.13. The first-order chi connectivity index (χ1) is 18.8. The van der Waals surface area contributed by atoms with E-state index in [9.17, 15) is 9.70 Å². The van der Waals surface area contributed by atoms with Crippen molar-refractivity contribution in [2.75, 3.05) is 19.7 Å². The van der Waals surface area contributed by atoms with Gasteiger partial charge in [0, 0.05) is 17.3 Å². The van der Waals surface area contributed by atoms with Gasteiger partial charge in [0.2, 0.25) is 0 Å². The molecule has 8 nitrogen and oxygen atoms in total. The zero-order valence-electron chi connectivity index (χ0n) is 23.3. The van der Waals surface area contributed by atoms with E-state index in [0.29, 0.717) is 24.5 Å². The van der Waals surface area contributed by atoms with E-state index in [1.807, 2.05) is 25.1 Å². The number of rotatable bonds is 10. The first-order valence-electron chi connectivity index (χ1n) is 13.5. The Hall–Kier alpha value is -3.91. The summed E-state index contributed by atoms with van der Waals surface area (Å²) >= 11 is 0. The molecule has 8 heteroatoms. The average Bonchev–Trinajstić information content (AvgIpc) is 3.36. The molecule has 0 saturated heterocycles. The minimum Gasteiger partial charge on any atom is -0.488 e. The Labute approximate surface area is 230 Å². The molecule has 0 saturated carbocycles. The highest BCUT2D eigenvalue weighted by molar-refractivity contribution is 5.95. The fourth-order valence-electron chi connectivity index (χ4n) is 5.13. The maximum atomic E-state index is 12.0. The summed E-state index contributed by atoms with van der Waals surface area (Å²) in [6.45, 7) is 15.0. The molecule has 0 atom stereocenters. The van der Waals surface area contributed by atoms with E-state index in [1.165, 1.54) is 28.5 Å². The SMILES string of the molecule is C=C(/C=C(/C)C1=C(C)CCNC1)COC1=C(C)CCC=C1c1cccc(-n2ncc(C(=O)N=O)c2CCC)n1. The monoisotopic (exact) mass is 527 g/mol. The lowest BCUT2D eigenvalue weighted by atomic mass is 9.95. The van der Waals surface area contributed by atoms with E-state index in [1.54, 1.807) is 4.68 Å². The number of amides is 1. The molecule has 1 N–H and O–H groups in total. The second-order valence-corrected chi connectivity index (χ2v) is 10.2. The summed E-state index contributed by atoms with van der Waals surface area (Å²) in [5, 5.41) is 10.4. The van der Waals surface area contributed by atoms with E-state index in [-0.39, 0.29) is 5.56 Å². The Morgan fingerprint density at radius 1 is 1.26 bits per heavy atom. The third-order valence-electron chi connectivity index (χ3n) is 7.19. The molecule has 2 aromatic rings. The normalized spacial score (nSPS) is 16.3. The Bertz CT molecular complexity index is 1410. The Morgan fingerprint density at radius 2 is 2.08 bits per heavy atom. The second-order valence-electron chi connectivity index (χ2n) is 10.2. The molecule has 2 aliphatic rings. The molecule has 0 spiro atoms. The number of hydrogen-bond donors (Lipinski definition) is 1. The molecule has 0 radical (unpaired) electrons. The van der Waals surface area contributed by atoms with Gasteiger partial charge in [-0.25, -0.2) is 9.67 Å². The predicted octanol–water partition coefficient (Wildman–Crippen LogP) is 6.41. The second kappa shape index (κ2) is 12.8. The van der Waals surface area contributed by atoms with Crippen LogP contribution in [0.4, 0.5) is 0 Å². The molecule has 4 rings (SSSR count). The quantitative estimate of drug-likeness (QED) is 0.283. The van der Waals surface area contributed by atoms with Crippen molar-refractivity contribution in [1.29, 1.82) is 0 Å². The topological polar surface area (TPSA) is 98.5 Å². The predicted molar refractivity (Wildman–Crippen MR) is 154 cm³/mol. The molecule has 0 aromatic carbocycles. The number of nitroso groups, excluding NO2 is 1. The summed E-state index contributed by atoms with van der Waals surface area (Å²) in [6.07, 6.45) is 9.90. The van der Waals surface area contributed by atoms with Gasteiger partial charge in [0.05, 0.1) is 23.1 Å². The van der Waals surface area contributed by atoms with Crippen molar-refractivity contribution in [3.05, 3.63) is 98.6 Å². The zero-order chi connectivity index (χ0) is 27.9. The number of allylic oxidation sites excluding steroid dienone is 3. The maximum Gasteiger partial charge on any atom is 0.320 e. The molecule has 1 aliphatic heterocycles. The summed E-state index contributed by atoms with van der Waals surface area (Å²) < 4.78 is 8.00. The van der Waals surface area contributed by atoms with Gasteiger partial charge in [-0.2, -0.15) is 5.10 Å². The number of ether oxygens (including phenoxy) is 1. The lowest BCUT2D eigenvalue weighted by molar-refractivity contribution is 0.1000. The third kappa shape index (κ3) is 6.40. The molecule has 39 heavy (non-hydrogen) atoms. The summed E-state index contributed by atoms with van der Waals surface area (Å²) in [7, 11) is 0. The number of nitrogens with zero attached hydrogens (tertiary/aromatic N) is 4. The number of pyridine rings is 1. The van der Waals surface area contributed by atoms with Gasteiger partial charge in [-0.3, -0.25) is 4.79 Å². The van der Waals surface area contributed by atoms with Gasteiger partial charge in [-0.05, 0) is 87.4 Å². The number of aromatic nitrogens is 3. The van der Waals surface area contributed by atoms with Gasteiger partial charge in [0.25, 0.3) is 0 Å². The molecule has 0 bridgehead atoms. The minimum absolute atomic E-state index is 0.215. The van der Waals surface area contributed by atoms with Crippen LogP contribution in [-0.2, 0) is 11.2 Å². The van der Waals surface area contributed by atoms with Crippen LogP contribution in [0.5, 0.6) is 0 Å². The van der Waals surface area contributed by atoms with Gasteiger partial charge in [0.1, 0.15) is 12.4 Å². The van der Waals surface area contributed by atoms with Gasteiger partial charge >= 0.3 is 5.91 Å². The van der Waals surface area contributed by atoms with Crippen LogP contribution in [0.3, 0.4) is 0 Å². The smallest absolute Gasteiger partial charge is 0.320 e. The van der Waals surface area contributed by atoms with Crippen LogP contribution in [0.15, 0.2) is 81.9 Å². The highest BCUT2D eigenvalue weighted by Crippen LogP contribution is 2.33. The zero-order valence-corrected chi connectivity index (χ0v) is 23.3. The van der Waals surface area contributed by atoms with Crippen LogP contribution >= 0.6 is 0 Å². The van der Waals surface area contributed by atoms with Crippen molar-refractivity contribution in [3.63, 3.8) is 0 Å². The Balaban J connectivity index is 1.57. The Kier molecular flexibility index (Phi) is 9.19. The van der Waals surface area contributed by atoms with Crippen molar-refractivity contribution in [1.82, 2.24) is 20.1 Å². The molecule has 204 valence electrons. The molecule has 3 heterocycles. The van der Waals surface area contributed by atoms with Crippen molar-refractivity contribution < 1.29 is 9.53 Å². The van der Waals surface area contributed by atoms with Crippen LogP contribution < -0.4 is 5.32 Å². The Morgan fingerprint density at radius 3 is 2.82 bits per heavy atom. The van der Waals surface area contributed by atoms with Crippen molar-refractivity contribution in [3.8, 4) is 5.82 Å². The molecule has 1 amide bonds. The van der Waals surface area contributed by atoms with Gasteiger partial charge in [-0.15, -0.1) is 4.91 Å². The first-order valence-corrected chi connectivity index (χ1v) is 13.5. The first kappa shape index (κ1) is 28.1. The molecule has 2 aromatic heterocycles. The van der Waals surface area contributed by atoms with Crippen LogP contribution in [0.1, 0.15) is 75.1 Å². The summed E-state index contributed by atoms with van der Waals surface area (Å²) in [5.74, 6) is 0.570. The van der Waals surface area contributed by atoms with Crippen LogP contribution in [-0.4, -0.2) is 40.4 Å². The van der Waals surface area contributed by atoms with E-state index in [0.717, 1.165) is 61.4 Å². The van der Waals surface area contributed by atoms with E-state index in [4.69, 9.17) is 9.72 Å². The fraction of sp³-hybridized carbons (Fsp3) is 0.387. The van der Waals surface area contributed by atoms with Gasteiger partial charge in [-0.1, -0.05) is 43.7 Å². The molecule has 1 aliphatic carbocycles. The number of carbonyl (C=O) groups excluding carboxylic acids is 1. The molecule has 0 fully saturated rings. The average molecular weight is 528 g/mol. The summed E-state index contributed by atoms with van der Waals surface area (Å²) in [5.41, 5.74) is 8.61. The number of hydrogen-bond acceptors (Lipinski definition) is 6. The lowest BCUT2D eigenvalue weighted by Gasteiger charge is -2.22. The van der Waals surface area contributed by atoms with Gasteiger partial charge < -0.3 is 10.1 Å². The van der Waals surface area contributed by atoms with Crippen LogP contribution in [0.2, 0.25) is 0 Å². The maximum absolute atomic E-state index is 12.0. The largest absolute Gasteiger partial charge is 0.488 e. The molecule has 0 unspecified atom stereocenters. The summed E-state index contributed by atoms with van der Waals surface area (Å²) in [6, 6.07) is 5.70. The third-order valence-corrected chi connectivity index (χ3v) is 7.19. The highest BCUT2D eigenvalue weighted by Gasteiger charge is 2.22. The number of carbonyl (C=O) groups is 1. The lowest BCUT2D eigenvalue weighted by Crippen LogP contribution is -2.25.